The number of rotatable bonds is 9. The predicted molar refractivity (Wildman–Crippen MR) is 73.7 cm³/mol. The van der Waals surface area contributed by atoms with Crippen LogP contribution in [0.1, 0.15) is 51.0 Å². The number of unbranched alkanes of at least 4 members (excludes halogenated alkanes) is 3. The zero-order valence-corrected chi connectivity index (χ0v) is 11.3. The minimum atomic E-state index is 0.725. The Morgan fingerprint density at radius 2 is 2.22 bits per heavy atom. The molecule has 2 rings (SSSR count). The first-order chi connectivity index (χ1) is 8.90. The van der Waals surface area contributed by atoms with Crippen molar-refractivity contribution < 1.29 is 4.74 Å². The molecule has 0 spiro atoms. The average Bonchev–Trinajstić information content (AvgIpc) is 3.21. The molecule has 0 bridgehead atoms. The summed E-state index contributed by atoms with van der Waals surface area (Å²) < 4.78 is 5.86. The number of nitrogens with one attached hydrogen (secondary N) is 1. The zero-order chi connectivity index (χ0) is 12.6. The largest absolute Gasteiger partial charge is 0.493 e. The number of hydrogen-bond acceptors (Lipinski definition) is 3. The molecule has 1 aromatic rings. The fourth-order valence-electron chi connectivity index (χ4n) is 1.94. The molecule has 1 fully saturated rings. The van der Waals surface area contributed by atoms with Crippen LogP contribution in [0.2, 0.25) is 0 Å². The maximum Gasteiger partial charge on any atom is 0.126 e. The van der Waals surface area contributed by atoms with Gasteiger partial charge in [-0.1, -0.05) is 26.2 Å². The van der Waals surface area contributed by atoms with Crippen molar-refractivity contribution in [2.75, 3.05) is 6.61 Å². The Morgan fingerprint density at radius 1 is 1.33 bits per heavy atom. The van der Waals surface area contributed by atoms with Gasteiger partial charge in [-0.15, -0.1) is 0 Å². The van der Waals surface area contributed by atoms with Gasteiger partial charge in [-0.2, -0.15) is 0 Å². The summed E-state index contributed by atoms with van der Waals surface area (Å²) in [5.41, 5.74) is 1.18. The smallest absolute Gasteiger partial charge is 0.126 e. The Morgan fingerprint density at radius 3 is 3.00 bits per heavy atom. The van der Waals surface area contributed by atoms with Crippen LogP contribution in [0.3, 0.4) is 0 Å². The highest BCUT2D eigenvalue weighted by molar-refractivity contribution is 5.30. The molecule has 1 saturated carbocycles. The Labute approximate surface area is 110 Å². The standard InChI is InChI=1S/C15H24N2O/c1-2-3-4-5-10-18-15-8-9-16-11-13(15)12-17-14-6-7-14/h8-9,11,14,17H,2-7,10,12H2,1H3. The maximum absolute atomic E-state index is 5.86. The molecule has 0 aromatic carbocycles. The lowest BCUT2D eigenvalue weighted by molar-refractivity contribution is 0.301. The summed E-state index contributed by atoms with van der Waals surface area (Å²) in [5, 5.41) is 3.50. The predicted octanol–water partition coefficient (Wildman–Crippen LogP) is 3.29. The van der Waals surface area contributed by atoms with E-state index in [0.717, 1.165) is 31.4 Å². The first-order valence-corrected chi connectivity index (χ1v) is 7.19. The van der Waals surface area contributed by atoms with Gasteiger partial charge in [0.15, 0.2) is 0 Å². The van der Waals surface area contributed by atoms with Gasteiger partial charge in [0.05, 0.1) is 6.61 Å². The Bertz CT molecular complexity index is 350. The molecular weight excluding hydrogens is 224 g/mol. The fraction of sp³-hybridized carbons (Fsp3) is 0.667. The zero-order valence-electron chi connectivity index (χ0n) is 11.3. The van der Waals surface area contributed by atoms with Gasteiger partial charge in [0.1, 0.15) is 5.75 Å². The molecule has 0 aliphatic heterocycles. The lowest BCUT2D eigenvalue weighted by Crippen LogP contribution is -2.16. The van der Waals surface area contributed by atoms with Gasteiger partial charge in [0, 0.05) is 30.5 Å². The van der Waals surface area contributed by atoms with E-state index >= 15 is 0 Å². The third kappa shape index (κ3) is 4.65. The van der Waals surface area contributed by atoms with E-state index in [2.05, 4.69) is 17.2 Å². The van der Waals surface area contributed by atoms with Crippen LogP contribution < -0.4 is 10.1 Å². The Kier molecular flexibility index (Phi) is 5.46. The number of ether oxygens (including phenoxy) is 1. The van der Waals surface area contributed by atoms with Crippen molar-refractivity contribution >= 4 is 0 Å². The molecule has 0 radical (unpaired) electrons. The van der Waals surface area contributed by atoms with Crippen molar-refractivity contribution in [3.05, 3.63) is 24.0 Å². The molecule has 0 unspecified atom stereocenters. The first-order valence-electron chi connectivity index (χ1n) is 7.19. The molecule has 3 heteroatoms. The molecule has 1 N–H and O–H groups in total. The maximum atomic E-state index is 5.86. The highest BCUT2D eigenvalue weighted by Crippen LogP contribution is 2.22. The van der Waals surface area contributed by atoms with Crippen molar-refractivity contribution in [1.29, 1.82) is 0 Å². The minimum Gasteiger partial charge on any atom is -0.493 e. The highest BCUT2D eigenvalue weighted by atomic mass is 16.5. The van der Waals surface area contributed by atoms with Crippen molar-refractivity contribution in [3.63, 3.8) is 0 Å². The van der Waals surface area contributed by atoms with E-state index in [4.69, 9.17) is 4.74 Å². The summed E-state index contributed by atoms with van der Waals surface area (Å²) in [7, 11) is 0. The first kappa shape index (κ1) is 13.3. The van der Waals surface area contributed by atoms with Crippen LogP contribution in [-0.2, 0) is 6.54 Å². The van der Waals surface area contributed by atoms with Crippen LogP contribution in [0.15, 0.2) is 18.5 Å². The molecular formula is C15H24N2O. The van der Waals surface area contributed by atoms with E-state index in [9.17, 15) is 0 Å². The van der Waals surface area contributed by atoms with Crippen molar-refractivity contribution in [2.45, 2.75) is 58.0 Å². The quantitative estimate of drug-likeness (QED) is 0.681. The molecule has 3 nitrogen and oxygen atoms in total. The normalized spacial score (nSPS) is 14.7. The number of aromatic nitrogens is 1. The van der Waals surface area contributed by atoms with E-state index in [-0.39, 0.29) is 0 Å². The molecule has 1 aromatic heterocycles. The Balaban J connectivity index is 1.74. The molecule has 0 saturated heterocycles. The fourth-order valence-corrected chi connectivity index (χ4v) is 1.94. The second-order valence-electron chi connectivity index (χ2n) is 5.05. The number of pyridine rings is 1. The summed E-state index contributed by atoms with van der Waals surface area (Å²) in [6.07, 6.45) is 11.3. The number of nitrogens with zero attached hydrogens (tertiary/aromatic N) is 1. The molecule has 0 atom stereocenters. The van der Waals surface area contributed by atoms with Crippen LogP contribution in [-0.4, -0.2) is 17.6 Å². The van der Waals surface area contributed by atoms with Gasteiger partial charge >= 0.3 is 0 Å². The van der Waals surface area contributed by atoms with Crippen LogP contribution in [0.25, 0.3) is 0 Å². The summed E-state index contributed by atoms with van der Waals surface area (Å²) in [6, 6.07) is 2.70. The van der Waals surface area contributed by atoms with Crippen LogP contribution >= 0.6 is 0 Å². The van der Waals surface area contributed by atoms with Crippen LogP contribution in [0.4, 0.5) is 0 Å². The lowest BCUT2D eigenvalue weighted by atomic mass is 10.2. The monoisotopic (exact) mass is 248 g/mol. The summed E-state index contributed by atoms with van der Waals surface area (Å²) >= 11 is 0. The van der Waals surface area contributed by atoms with E-state index in [1.807, 2.05) is 18.5 Å². The Hall–Kier alpha value is -1.09. The van der Waals surface area contributed by atoms with Crippen LogP contribution in [0, 0.1) is 0 Å². The molecule has 1 aliphatic carbocycles. The second-order valence-corrected chi connectivity index (χ2v) is 5.05. The van der Waals surface area contributed by atoms with Gasteiger partial charge in [-0.05, 0) is 25.3 Å². The summed E-state index contributed by atoms with van der Waals surface area (Å²) in [6.45, 7) is 3.93. The number of hydrogen-bond donors (Lipinski definition) is 1. The summed E-state index contributed by atoms with van der Waals surface area (Å²) in [4.78, 5) is 4.18. The SMILES string of the molecule is CCCCCCOc1ccncc1CNC1CC1. The van der Waals surface area contributed by atoms with Crippen molar-refractivity contribution in [3.8, 4) is 5.75 Å². The van der Waals surface area contributed by atoms with Gasteiger partial charge in [-0.3, -0.25) is 4.98 Å². The second kappa shape index (κ2) is 7.37. The molecule has 0 amide bonds. The van der Waals surface area contributed by atoms with Gasteiger partial charge in [-0.25, -0.2) is 0 Å². The van der Waals surface area contributed by atoms with E-state index in [1.54, 1.807) is 0 Å². The van der Waals surface area contributed by atoms with E-state index in [1.165, 1.54) is 37.7 Å². The highest BCUT2D eigenvalue weighted by Gasteiger charge is 2.20. The average molecular weight is 248 g/mol. The van der Waals surface area contributed by atoms with Gasteiger partial charge in [0.2, 0.25) is 0 Å². The van der Waals surface area contributed by atoms with Gasteiger partial charge in [0.25, 0.3) is 0 Å². The summed E-state index contributed by atoms with van der Waals surface area (Å²) in [5.74, 6) is 0.995. The third-order valence-corrected chi connectivity index (χ3v) is 3.27. The lowest BCUT2D eigenvalue weighted by Gasteiger charge is -2.11. The van der Waals surface area contributed by atoms with E-state index in [0.29, 0.717) is 0 Å². The van der Waals surface area contributed by atoms with Crippen molar-refractivity contribution in [2.24, 2.45) is 0 Å². The van der Waals surface area contributed by atoms with Crippen molar-refractivity contribution in [1.82, 2.24) is 10.3 Å². The molecule has 1 aliphatic rings. The minimum absolute atomic E-state index is 0.725. The topological polar surface area (TPSA) is 34.1 Å². The van der Waals surface area contributed by atoms with Crippen LogP contribution in [0.5, 0.6) is 5.75 Å². The third-order valence-electron chi connectivity index (χ3n) is 3.27. The van der Waals surface area contributed by atoms with Gasteiger partial charge < -0.3 is 10.1 Å². The molecule has 18 heavy (non-hydrogen) atoms. The van der Waals surface area contributed by atoms with E-state index < -0.39 is 0 Å². The molecule has 1 heterocycles. The molecule has 100 valence electrons.